The first kappa shape index (κ1) is 19.4. The van der Waals surface area contributed by atoms with Crippen LogP contribution in [0.2, 0.25) is 0 Å². The van der Waals surface area contributed by atoms with Crippen LogP contribution in [0.4, 0.5) is 5.69 Å². The van der Waals surface area contributed by atoms with Crippen molar-refractivity contribution in [3.63, 3.8) is 0 Å². The van der Waals surface area contributed by atoms with Crippen LogP contribution in [0.15, 0.2) is 35.5 Å². The van der Waals surface area contributed by atoms with Crippen molar-refractivity contribution >= 4 is 17.6 Å². The van der Waals surface area contributed by atoms with Gasteiger partial charge in [0.1, 0.15) is 12.3 Å². The number of nitrogens with zero attached hydrogens (tertiary/aromatic N) is 3. The summed E-state index contributed by atoms with van der Waals surface area (Å²) < 4.78 is 5.18. The van der Waals surface area contributed by atoms with Gasteiger partial charge in [-0.15, -0.1) is 0 Å². The Hall–Kier alpha value is -3.34. The number of carbonyl (C=O) groups is 2. The first-order valence-electron chi connectivity index (χ1n) is 8.46. The van der Waals surface area contributed by atoms with Crippen molar-refractivity contribution in [3.8, 4) is 0 Å². The summed E-state index contributed by atoms with van der Waals surface area (Å²) in [4.78, 5) is 46.4. The van der Waals surface area contributed by atoms with Gasteiger partial charge in [0, 0.05) is 22.6 Å². The molecule has 148 valence electrons. The minimum absolute atomic E-state index is 0.111. The third-order valence-corrected chi connectivity index (χ3v) is 4.85. The van der Waals surface area contributed by atoms with Gasteiger partial charge in [0.25, 0.3) is 5.69 Å². The lowest BCUT2D eigenvalue weighted by Crippen LogP contribution is -2.61. The number of aliphatic hydroxyl groups excluding tert-OH is 1. The largest absolute Gasteiger partial charge is 0.456 e. The van der Waals surface area contributed by atoms with E-state index in [0.29, 0.717) is 5.56 Å². The fourth-order valence-corrected chi connectivity index (χ4v) is 3.58. The summed E-state index contributed by atoms with van der Waals surface area (Å²) in [6.45, 7) is 0.644. The van der Waals surface area contributed by atoms with E-state index >= 15 is 0 Å². The summed E-state index contributed by atoms with van der Waals surface area (Å²) in [6, 6.07) is 4.88. The quantitative estimate of drug-likeness (QED) is 0.310. The molecule has 0 radical (unpaired) electrons. The molecule has 0 spiro atoms. The van der Waals surface area contributed by atoms with Crippen molar-refractivity contribution in [1.82, 2.24) is 4.90 Å². The van der Waals surface area contributed by atoms with Crippen LogP contribution in [-0.4, -0.2) is 50.4 Å². The van der Waals surface area contributed by atoms with Gasteiger partial charge in [0.2, 0.25) is 12.5 Å². The Labute approximate surface area is 158 Å². The lowest BCUT2D eigenvalue weighted by Gasteiger charge is -2.44. The van der Waals surface area contributed by atoms with Gasteiger partial charge in [-0.2, -0.15) is 0 Å². The topological polar surface area (TPSA) is 153 Å². The van der Waals surface area contributed by atoms with Crippen molar-refractivity contribution in [3.05, 3.63) is 61.3 Å². The Balaban J connectivity index is 1.74. The molecule has 0 aromatic heterocycles. The summed E-state index contributed by atoms with van der Waals surface area (Å²) >= 11 is 0. The second-order valence-electron chi connectivity index (χ2n) is 6.69. The molecule has 0 aliphatic carbocycles. The van der Waals surface area contributed by atoms with Gasteiger partial charge in [-0.25, -0.2) is 4.79 Å². The summed E-state index contributed by atoms with van der Waals surface area (Å²) in [5, 5.41) is 31.3. The number of rotatable bonds is 7. The van der Waals surface area contributed by atoms with E-state index in [4.69, 9.17) is 4.74 Å². The molecule has 2 aliphatic rings. The van der Waals surface area contributed by atoms with Crippen LogP contribution in [-0.2, 0) is 20.9 Å². The second kappa shape index (κ2) is 7.35. The number of nitro benzene ring substituents is 1. The lowest BCUT2D eigenvalue weighted by atomic mass is 9.83. The molecule has 1 N–H and O–H groups in total. The molecule has 2 aliphatic heterocycles. The smallest absolute Gasteiger partial charge is 0.355 e. The molecule has 11 heteroatoms. The van der Waals surface area contributed by atoms with Gasteiger partial charge < -0.3 is 14.7 Å². The molecule has 1 aromatic rings. The number of nitro groups is 2. The fourth-order valence-electron chi connectivity index (χ4n) is 3.58. The van der Waals surface area contributed by atoms with Crippen LogP contribution in [0, 0.1) is 26.1 Å². The molecular weight excluding hydrogens is 374 g/mol. The maximum Gasteiger partial charge on any atom is 0.355 e. The van der Waals surface area contributed by atoms with E-state index in [9.17, 15) is 34.9 Å². The molecular formula is C17H17N3O8. The highest BCUT2D eigenvalue weighted by Crippen LogP contribution is 2.44. The van der Waals surface area contributed by atoms with Crippen molar-refractivity contribution in [2.75, 3.05) is 6.54 Å². The Kier molecular flexibility index (Phi) is 5.10. The summed E-state index contributed by atoms with van der Waals surface area (Å²) in [5.74, 6) is -2.06. The summed E-state index contributed by atoms with van der Waals surface area (Å²) in [7, 11) is 0. The van der Waals surface area contributed by atoms with E-state index in [1.165, 1.54) is 31.2 Å². The minimum Gasteiger partial charge on any atom is -0.456 e. The molecule has 1 amide bonds. The van der Waals surface area contributed by atoms with Crippen LogP contribution < -0.4 is 0 Å². The molecule has 3 atom stereocenters. The first-order chi connectivity index (χ1) is 13.2. The van der Waals surface area contributed by atoms with Crippen LogP contribution in [0.1, 0.15) is 18.9 Å². The average molecular weight is 391 g/mol. The highest BCUT2D eigenvalue weighted by Gasteiger charge is 2.57. The van der Waals surface area contributed by atoms with E-state index in [0.717, 1.165) is 4.90 Å². The van der Waals surface area contributed by atoms with Gasteiger partial charge >= 0.3 is 5.97 Å². The van der Waals surface area contributed by atoms with Gasteiger partial charge in [-0.3, -0.25) is 25.0 Å². The third-order valence-electron chi connectivity index (χ3n) is 4.85. The molecule has 28 heavy (non-hydrogen) atoms. The van der Waals surface area contributed by atoms with Crippen LogP contribution in [0.5, 0.6) is 0 Å². The lowest BCUT2D eigenvalue weighted by molar-refractivity contribution is -0.471. The molecule has 1 fully saturated rings. The molecule has 3 rings (SSSR count). The van der Waals surface area contributed by atoms with Gasteiger partial charge in [-0.05, 0) is 31.0 Å². The van der Waals surface area contributed by atoms with E-state index in [1.807, 2.05) is 0 Å². The zero-order valence-electron chi connectivity index (χ0n) is 14.8. The number of hydrogen-bond acceptors (Lipinski definition) is 8. The number of aliphatic hydroxyl groups is 1. The number of hydrogen-bond donors (Lipinski definition) is 1. The second-order valence-corrected chi connectivity index (χ2v) is 6.69. The number of β-lactam (4-membered cyclic amide) rings is 1. The number of ether oxygens (including phenoxy) is 1. The van der Waals surface area contributed by atoms with E-state index < -0.39 is 46.3 Å². The SMILES string of the molecule is CC(O)C1C(=O)N2C(C(=O)OCc3ccc([N+](=O)[O-])cc3)=C(C[N+](=O)[O-])CC12. The highest BCUT2D eigenvalue weighted by molar-refractivity contribution is 6.00. The van der Waals surface area contributed by atoms with Crippen LogP contribution in [0.3, 0.4) is 0 Å². The number of esters is 1. The Morgan fingerprint density at radius 1 is 1.32 bits per heavy atom. The number of amides is 1. The monoisotopic (exact) mass is 391 g/mol. The number of benzene rings is 1. The standard InChI is InChI=1S/C17H17N3O8/c1-9(21)14-13-6-11(7-18(24)25)15(19(13)16(14)22)17(23)28-8-10-2-4-12(5-3-10)20(26)27/h2-5,9,13-14,21H,6-8H2,1H3. The average Bonchev–Trinajstić information content (AvgIpc) is 2.93. The fraction of sp³-hybridized carbons (Fsp3) is 0.412. The Morgan fingerprint density at radius 3 is 2.50 bits per heavy atom. The van der Waals surface area contributed by atoms with E-state index in [-0.39, 0.29) is 30.0 Å². The number of fused-ring (bicyclic) bond motifs is 1. The third kappa shape index (κ3) is 3.43. The van der Waals surface area contributed by atoms with Crippen LogP contribution in [0.25, 0.3) is 0 Å². The molecule has 0 bridgehead atoms. The van der Waals surface area contributed by atoms with Gasteiger partial charge in [0.05, 0.1) is 23.0 Å². The zero-order valence-corrected chi connectivity index (χ0v) is 14.8. The molecule has 1 saturated heterocycles. The summed E-state index contributed by atoms with van der Waals surface area (Å²) in [5.41, 5.74) is 0.410. The highest BCUT2D eigenvalue weighted by atomic mass is 16.6. The van der Waals surface area contributed by atoms with Crippen molar-refractivity contribution in [2.24, 2.45) is 5.92 Å². The Morgan fingerprint density at radius 2 is 1.96 bits per heavy atom. The molecule has 3 unspecified atom stereocenters. The zero-order chi connectivity index (χ0) is 20.6. The predicted molar refractivity (Wildman–Crippen MR) is 92.2 cm³/mol. The maximum atomic E-state index is 12.5. The van der Waals surface area contributed by atoms with Crippen molar-refractivity contribution in [2.45, 2.75) is 32.1 Å². The van der Waals surface area contributed by atoms with Gasteiger partial charge in [0.15, 0.2) is 0 Å². The Bertz CT molecular complexity index is 877. The number of carbonyl (C=O) groups excluding carboxylic acids is 2. The molecule has 11 nitrogen and oxygen atoms in total. The normalized spacial score (nSPS) is 21.8. The number of non-ortho nitro benzene ring substituents is 1. The molecule has 1 aromatic carbocycles. The molecule has 2 heterocycles. The van der Waals surface area contributed by atoms with Crippen molar-refractivity contribution < 1.29 is 29.3 Å². The van der Waals surface area contributed by atoms with Gasteiger partial charge in [-0.1, -0.05) is 0 Å². The van der Waals surface area contributed by atoms with Crippen molar-refractivity contribution in [1.29, 1.82) is 0 Å². The van der Waals surface area contributed by atoms with Crippen LogP contribution >= 0.6 is 0 Å². The first-order valence-corrected chi connectivity index (χ1v) is 8.46. The van der Waals surface area contributed by atoms with E-state index in [1.54, 1.807) is 0 Å². The predicted octanol–water partition coefficient (Wildman–Crippen LogP) is 0.780. The maximum absolute atomic E-state index is 12.5. The summed E-state index contributed by atoms with van der Waals surface area (Å²) in [6.07, 6.45) is -0.800. The minimum atomic E-state index is -0.930. The molecule has 0 saturated carbocycles. The van der Waals surface area contributed by atoms with E-state index in [2.05, 4.69) is 0 Å².